The van der Waals surface area contributed by atoms with Gasteiger partial charge in [0.05, 0.1) is 13.7 Å². The molecule has 148 valence electrons. The summed E-state index contributed by atoms with van der Waals surface area (Å²) in [6, 6.07) is 9.95. The molecule has 0 aliphatic carbocycles. The molecule has 0 spiro atoms. The van der Waals surface area contributed by atoms with E-state index < -0.39 is 0 Å². The highest BCUT2D eigenvalue weighted by Gasteiger charge is 2.12. The van der Waals surface area contributed by atoms with Gasteiger partial charge in [-0.1, -0.05) is 35.0 Å². The molecular formula is C19H20BrFN4O2S. The van der Waals surface area contributed by atoms with Crippen molar-refractivity contribution in [3.8, 4) is 11.5 Å². The van der Waals surface area contributed by atoms with Gasteiger partial charge in [-0.25, -0.2) is 9.07 Å². The lowest BCUT2D eigenvalue weighted by molar-refractivity contribution is 0.284. The third-order valence-corrected chi connectivity index (χ3v) is 5.14. The number of H-pyrrole nitrogens is 1. The number of nitrogens with one attached hydrogen (secondary N) is 2. The topological polar surface area (TPSA) is 64.1 Å². The minimum absolute atomic E-state index is 0.273. The lowest BCUT2D eigenvalue weighted by atomic mass is 10.2. The van der Waals surface area contributed by atoms with Crippen molar-refractivity contribution < 1.29 is 13.9 Å². The molecule has 2 aromatic carbocycles. The Kier molecular flexibility index (Phi) is 6.69. The largest absolute Gasteiger partial charge is 0.493 e. The van der Waals surface area contributed by atoms with E-state index in [2.05, 4.69) is 31.6 Å². The van der Waals surface area contributed by atoms with Crippen LogP contribution in [-0.4, -0.2) is 22.0 Å². The molecule has 0 saturated carbocycles. The van der Waals surface area contributed by atoms with Crippen molar-refractivity contribution in [2.24, 2.45) is 0 Å². The average molecular weight is 467 g/mol. The third-order valence-electron chi connectivity index (χ3n) is 4.13. The highest BCUT2D eigenvalue weighted by molar-refractivity contribution is 9.10. The molecule has 0 aliphatic heterocycles. The number of nitrogens with zero attached hydrogens (tertiary/aromatic N) is 2. The Labute approximate surface area is 175 Å². The predicted molar refractivity (Wildman–Crippen MR) is 111 cm³/mol. The van der Waals surface area contributed by atoms with E-state index in [9.17, 15) is 4.39 Å². The Balaban J connectivity index is 1.74. The summed E-state index contributed by atoms with van der Waals surface area (Å²) < 4.78 is 27.5. The number of ether oxygens (including phenoxy) is 2. The Morgan fingerprint density at radius 2 is 2.00 bits per heavy atom. The van der Waals surface area contributed by atoms with Gasteiger partial charge in [0, 0.05) is 10.9 Å². The van der Waals surface area contributed by atoms with Gasteiger partial charge in [0.25, 0.3) is 0 Å². The van der Waals surface area contributed by atoms with Crippen LogP contribution in [0.3, 0.4) is 0 Å². The fourth-order valence-corrected chi connectivity index (χ4v) is 3.30. The molecular weight excluding hydrogens is 447 g/mol. The summed E-state index contributed by atoms with van der Waals surface area (Å²) in [5.41, 5.74) is 5.10. The van der Waals surface area contributed by atoms with Crippen LogP contribution >= 0.6 is 28.1 Å². The van der Waals surface area contributed by atoms with Crippen LogP contribution in [0, 0.1) is 10.6 Å². The number of benzene rings is 2. The molecule has 3 rings (SSSR count). The lowest BCUT2D eigenvalue weighted by Gasteiger charge is -2.15. The van der Waals surface area contributed by atoms with Crippen molar-refractivity contribution in [1.82, 2.24) is 14.9 Å². The third kappa shape index (κ3) is 4.71. The summed E-state index contributed by atoms with van der Waals surface area (Å²) in [7, 11) is 1.59. The summed E-state index contributed by atoms with van der Waals surface area (Å²) in [6.07, 6.45) is 0.751. The van der Waals surface area contributed by atoms with Gasteiger partial charge in [0.1, 0.15) is 12.4 Å². The molecule has 0 radical (unpaired) electrons. The summed E-state index contributed by atoms with van der Waals surface area (Å²) in [6.45, 7) is 2.83. The molecule has 1 aromatic heterocycles. The van der Waals surface area contributed by atoms with Gasteiger partial charge >= 0.3 is 0 Å². The average Bonchev–Trinajstić information content (AvgIpc) is 3.06. The molecule has 0 bridgehead atoms. The van der Waals surface area contributed by atoms with Crippen molar-refractivity contribution in [2.75, 3.05) is 12.5 Å². The fourth-order valence-electron chi connectivity index (χ4n) is 2.62. The van der Waals surface area contributed by atoms with Gasteiger partial charge in [-0.2, -0.15) is 5.10 Å². The number of aromatic amines is 1. The van der Waals surface area contributed by atoms with Gasteiger partial charge < -0.3 is 14.9 Å². The van der Waals surface area contributed by atoms with E-state index in [1.54, 1.807) is 23.9 Å². The maximum absolute atomic E-state index is 13.0. The molecule has 0 unspecified atom stereocenters. The van der Waals surface area contributed by atoms with Crippen molar-refractivity contribution in [2.45, 2.75) is 26.5 Å². The number of aryl methyl sites for hydroxylation is 1. The van der Waals surface area contributed by atoms with Crippen molar-refractivity contribution in [3.63, 3.8) is 0 Å². The molecule has 28 heavy (non-hydrogen) atoms. The first-order valence-electron chi connectivity index (χ1n) is 8.65. The molecule has 3 aromatic rings. The second kappa shape index (κ2) is 9.20. The lowest BCUT2D eigenvalue weighted by Crippen LogP contribution is -2.17. The van der Waals surface area contributed by atoms with Crippen LogP contribution in [0.2, 0.25) is 0 Å². The van der Waals surface area contributed by atoms with E-state index >= 15 is 0 Å². The zero-order valence-electron chi connectivity index (χ0n) is 15.5. The molecule has 0 aliphatic rings. The Morgan fingerprint density at radius 1 is 1.25 bits per heavy atom. The van der Waals surface area contributed by atoms with Crippen LogP contribution < -0.4 is 14.9 Å². The van der Waals surface area contributed by atoms with Crippen molar-refractivity contribution in [1.29, 1.82) is 0 Å². The van der Waals surface area contributed by atoms with Gasteiger partial charge in [-0.15, -0.1) is 0 Å². The number of hydrogen-bond donors (Lipinski definition) is 2. The van der Waals surface area contributed by atoms with Crippen LogP contribution in [0.1, 0.15) is 23.9 Å². The number of hydrogen-bond acceptors (Lipinski definition) is 5. The smallest absolute Gasteiger partial charge is 0.214 e. The van der Waals surface area contributed by atoms with Gasteiger partial charge in [-0.05, 0) is 47.6 Å². The minimum Gasteiger partial charge on any atom is -0.493 e. The zero-order chi connectivity index (χ0) is 20.1. The first kappa shape index (κ1) is 20.3. The monoisotopic (exact) mass is 466 g/mol. The minimum atomic E-state index is -0.273. The fraction of sp³-hybridized carbons (Fsp3) is 0.263. The van der Waals surface area contributed by atoms with E-state index in [1.807, 2.05) is 19.1 Å². The molecule has 1 heterocycles. The molecule has 2 N–H and O–H groups in total. The number of aromatic nitrogens is 3. The van der Waals surface area contributed by atoms with Gasteiger partial charge in [0.2, 0.25) is 4.77 Å². The van der Waals surface area contributed by atoms with Crippen LogP contribution in [0.25, 0.3) is 0 Å². The predicted octanol–water partition coefficient (Wildman–Crippen LogP) is 4.74. The SMILES string of the molecule is CCc1n[nH]c(=S)n1NCc1cc(OC)c(OCc2ccc(F)cc2)cc1Br. The quantitative estimate of drug-likeness (QED) is 0.469. The molecule has 0 amide bonds. The van der Waals surface area contributed by atoms with Crippen LogP contribution in [-0.2, 0) is 19.6 Å². The van der Waals surface area contributed by atoms with Crippen LogP contribution in [0.15, 0.2) is 40.9 Å². The van der Waals surface area contributed by atoms with Crippen molar-refractivity contribution >= 4 is 28.1 Å². The number of methoxy groups -OCH3 is 1. The number of rotatable bonds is 8. The highest BCUT2D eigenvalue weighted by Crippen LogP contribution is 2.34. The maximum atomic E-state index is 13.0. The summed E-state index contributed by atoms with van der Waals surface area (Å²) in [4.78, 5) is 0. The van der Waals surface area contributed by atoms with E-state index in [1.165, 1.54) is 12.1 Å². The highest BCUT2D eigenvalue weighted by atomic mass is 79.9. The molecule has 6 nitrogen and oxygen atoms in total. The molecule has 9 heteroatoms. The van der Waals surface area contributed by atoms with E-state index in [0.29, 0.717) is 29.4 Å². The summed E-state index contributed by atoms with van der Waals surface area (Å²) in [5.74, 6) is 1.75. The van der Waals surface area contributed by atoms with Crippen LogP contribution in [0.5, 0.6) is 11.5 Å². The Bertz CT molecular complexity index is 1000. The van der Waals surface area contributed by atoms with E-state index in [0.717, 1.165) is 27.8 Å². The molecule has 0 atom stereocenters. The standard InChI is InChI=1S/C19H20BrFN4O2S/c1-3-18-23-24-19(28)25(18)22-10-13-8-16(26-2)17(9-15(13)20)27-11-12-4-6-14(21)7-5-12/h4-9,22H,3,10-11H2,1-2H3,(H,24,28). The maximum Gasteiger partial charge on any atom is 0.214 e. The second-order valence-corrected chi connectivity index (χ2v) is 7.22. The molecule has 0 saturated heterocycles. The van der Waals surface area contributed by atoms with Gasteiger partial charge in [0.15, 0.2) is 17.3 Å². The number of halogens is 2. The first-order valence-corrected chi connectivity index (χ1v) is 9.85. The van der Waals surface area contributed by atoms with E-state index in [4.69, 9.17) is 21.7 Å². The summed E-state index contributed by atoms with van der Waals surface area (Å²) in [5, 5.41) is 6.96. The summed E-state index contributed by atoms with van der Waals surface area (Å²) >= 11 is 8.83. The van der Waals surface area contributed by atoms with Crippen LogP contribution in [0.4, 0.5) is 4.39 Å². The second-order valence-electron chi connectivity index (χ2n) is 5.98. The van der Waals surface area contributed by atoms with Crippen molar-refractivity contribution in [3.05, 3.63) is 68.4 Å². The van der Waals surface area contributed by atoms with Gasteiger partial charge in [-0.3, -0.25) is 5.10 Å². The first-order chi connectivity index (χ1) is 13.5. The Morgan fingerprint density at radius 3 is 2.68 bits per heavy atom. The normalized spacial score (nSPS) is 10.7. The van der Waals surface area contributed by atoms with E-state index in [-0.39, 0.29) is 5.82 Å². The zero-order valence-corrected chi connectivity index (χ0v) is 17.9. The Hall–Kier alpha value is -2.39. The molecule has 0 fully saturated rings.